The SMILES string of the molecule is Cc1c(-c2ccc(C#N)cc2)nc(OC[C@@H]2CCN(C)C2)n2ccnc12. The van der Waals surface area contributed by atoms with Gasteiger partial charge in [0.2, 0.25) is 0 Å². The van der Waals surface area contributed by atoms with Crippen molar-refractivity contribution in [2.45, 2.75) is 13.3 Å². The van der Waals surface area contributed by atoms with Gasteiger partial charge in [-0.3, -0.25) is 4.40 Å². The van der Waals surface area contributed by atoms with E-state index < -0.39 is 0 Å². The van der Waals surface area contributed by atoms with E-state index in [9.17, 15) is 0 Å². The summed E-state index contributed by atoms with van der Waals surface area (Å²) in [5.74, 6) is 0.528. The topological polar surface area (TPSA) is 66.5 Å². The Bertz CT molecular complexity index is 970. The van der Waals surface area contributed by atoms with E-state index in [2.05, 4.69) is 23.0 Å². The summed E-state index contributed by atoms with van der Waals surface area (Å²) in [6, 6.07) is 10.2. The number of nitriles is 1. The standard InChI is InChI=1S/C20H21N5O/c1-14-18(17-5-3-15(11-21)4-6-17)23-20(25-10-8-22-19(14)25)26-13-16-7-9-24(2)12-16/h3-6,8,10,16H,7,9,12-13H2,1-2H3/t16-/m1/s1. The second-order valence-corrected chi connectivity index (χ2v) is 6.91. The van der Waals surface area contributed by atoms with Crippen LogP contribution in [0.1, 0.15) is 17.5 Å². The summed E-state index contributed by atoms with van der Waals surface area (Å²) >= 11 is 0. The minimum Gasteiger partial charge on any atom is -0.464 e. The van der Waals surface area contributed by atoms with Gasteiger partial charge in [0.15, 0.2) is 0 Å². The van der Waals surface area contributed by atoms with Gasteiger partial charge in [-0.1, -0.05) is 12.1 Å². The van der Waals surface area contributed by atoms with Gasteiger partial charge in [0, 0.05) is 36.0 Å². The Morgan fingerprint density at radius 3 is 2.81 bits per heavy atom. The van der Waals surface area contributed by atoms with Gasteiger partial charge in [-0.25, -0.2) is 4.98 Å². The van der Waals surface area contributed by atoms with Crippen molar-refractivity contribution in [3.63, 3.8) is 0 Å². The van der Waals surface area contributed by atoms with Crippen molar-refractivity contribution in [2.75, 3.05) is 26.7 Å². The molecule has 0 spiro atoms. The normalized spacial score (nSPS) is 17.5. The number of aromatic nitrogens is 3. The van der Waals surface area contributed by atoms with Gasteiger partial charge in [0.1, 0.15) is 5.65 Å². The Morgan fingerprint density at radius 2 is 2.12 bits per heavy atom. The fraction of sp³-hybridized carbons (Fsp3) is 0.350. The van der Waals surface area contributed by atoms with E-state index in [0.29, 0.717) is 24.1 Å². The Morgan fingerprint density at radius 1 is 1.31 bits per heavy atom. The first-order valence-electron chi connectivity index (χ1n) is 8.81. The zero-order chi connectivity index (χ0) is 18.1. The van der Waals surface area contributed by atoms with Gasteiger partial charge in [-0.15, -0.1) is 0 Å². The maximum atomic E-state index is 9.00. The molecular formula is C20H21N5O. The maximum absolute atomic E-state index is 9.00. The number of hydrogen-bond acceptors (Lipinski definition) is 5. The van der Waals surface area contributed by atoms with Crippen LogP contribution in [0.4, 0.5) is 0 Å². The molecular weight excluding hydrogens is 326 g/mol. The first-order valence-corrected chi connectivity index (χ1v) is 8.81. The second kappa shape index (κ2) is 6.77. The number of aryl methyl sites for hydroxylation is 1. The molecule has 6 nitrogen and oxygen atoms in total. The predicted molar refractivity (Wildman–Crippen MR) is 99.0 cm³/mol. The highest BCUT2D eigenvalue weighted by Crippen LogP contribution is 2.28. The molecule has 26 heavy (non-hydrogen) atoms. The Kier molecular flexibility index (Phi) is 4.31. The average molecular weight is 347 g/mol. The van der Waals surface area contributed by atoms with E-state index in [1.165, 1.54) is 0 Å². The largest absolute Gasteiger partial charge is 0.464 e. The number of imidazole rings is 1. The first-order chi connectivity index (χ1) is 12.7. The van der Waals surface area contributed by atoms with Gasteiger partial charge >= 0.3 is 6.01 Å². The van der Waals surface area contributed by atoms with E-state index in [1.807, 2.05) is 29.7 Å². The van der Waals surface area contributed by atoms with Crippen LogP contribution in [0, 0.1) is 24.2 Å². The molecule has 0 N–H and O–H groups in total. The lowest BCUT2D eigenvalue weighted by Crippen LogP contribution is -2.19. The Balaban J connectivity index is 1.69. The number of fused-ring (bicyclic) bond motifs is 1. The monoisotopic (exact) mass is 347 g/mol. The van der Waals surface area contributed by atoms with Crippen molar-refractivity contribution < 1.29 is 4.74 Å². The fourth-order valence-electron chi connectivity index (χ4n) is 3.51. The summed E-state index contributed by atoms with van der Waals surface area (Å²) in [5.41, 5.74) is 4.27. The third-order valence-electron chi connectivity index (χ3n) is 4.97. The molecule has 1 aliphatic rings. The smallest absolute Gasteiger partial charge is 0.302 e. The number of nitrogens with zero attached hydrogens (tertiary/aromatic N) is 5. The molecule has 1 fully saturated rings. The van der Waals surface area contributed by atoms with Crippen LogP contribution in [0.25, 0.3) is 16.9 Å². The summed E-state index contributed by atoms with van der Waals surface area (Å²) in [7, 11) is 2.14. The molecule has 0 radical (unpaired) electrons. The molecule has 1 saturated heterocycles. The molecule has 0 saturated carbocycles. The number of benzene rings is 1. The minimum absolute atomic E-state index is 0.528. The van der Waals surface area contributed by atoms with Gasteiger partial charge in [-0.05, 0) is 39.1 Å². The molecule has 2 aromatic heterocycles. The van der Waals surface area contributed by atoms with E-state index in [4.69, 9.17) is 15.0 Å². The Hall–Kier alpha value is -2.91. The lowest BCUT2D eigenvalue weighted by atomic mass is 10.1. The van der Waals surface area contributed by atoms with Crippen molar-refractivity contribution in [2.24, 2.45) is 5.92 Å². The van der Waals surface area contributed by atoms with Crippen LogP contribution < -0.4 is 4.74 Å². The van der Waals surface area contributed by atoms with Crippen LogP contribution in [0.15, 0.2) is 36.7 Å². The van der Waals surface area contributed by atoms with Crippen molar-refractivity contribution >= 4 is 5.65 Å². The molecule has 0 bridgehead atoms. The van der Waals surface area contributed by atoms with Crippen molar-refractivity contribution in [3.8, 4) is 23.3 Å². The molecule has 0 amide bonds. The third-order valence-corrected chi connectivity index (χ3v) is 4.97. The highest BCUT2D eigenvalue weighted by molar-refractivity contribution is 5.70. The summed E-state index contributed by atoms with van der Waals surface area (Å²) in [6.07, 6.45) is 4.80. The van der Waals surface area contributed by atoms with Gasteiger partial charge in [-0.2, -0.15) is 10.2 Å². The minimum atomic E-state index is 0.528. The van der Waals surface area contributed by atoms with E-state index >= 15 is 0 Å². The van der Waals surface area contributed by atoms with Crippen molar-refractivity contribution in [3.05, 3.63) is 47.8 Å². The summed E-state index contributed by atoms with van der Waals surface area (Å²) in [5, 5.41) is 9.00. The van der Waals surface area contributed by atoms with Gasteiger partial charge in [0.05, 0.1) is 23.9 Å². The van der Waals surface area contributed by atoms with E-state index in [0.717, 1.165) is 42.0 Å². The fourth-order valence-corrected chi connectivity index (χ4v) is 3.51. The van der Waals surface area contributed by atoms with Crippen molar-refractivity contribution in [1.29, 1.82) is 5.26 Å². The summed E-state index contributed by atoms with van der Waals surface area (Å²) in [4.78, 5) is 11.6. The lowest BCUT2D eigenvalue weighted by molar-refractivity contribution is 0.229. The molecule has 3 heterocycles. The number of likely N-dealkylation sites (tertiary alicyclic amines) is 1. The Labute approximate surface area is 152 Å². The highest BCUT2D eigenvalue weighted by Gasteiger charge is 2.21. The molecule has 1 aromatic carbocycles. The van der Waals surface area contributed by atoms with Crippen LogP contribution in [-0.2, 0) is 0 Å². The zero-order valence-electron chi connectivity index (χ0n) is 15.0. The number of hydrogen-bond donors (Lipinski definition) is 0. The van der Waals surface area contributed by atoms with Crippen LogP contribution in [0.2, 0.25) is 0 Å². The molecule has 132 valence electrons. The molecule has 3 aromatic rings. The third kappa shape index (κ3) is 3.02. The van der Waals surface area contributed by atoms with Gasteiger partial charge < -0.3 is 9.64 Å². The van der Waals surface area contributed by atoms with E-state index in [-0.39, 0.29) is 0 Å². The highest BCUT2D eigenvalue weighted by atomic mass is 16.5. The van der Waals surface area contributed by atoms with Crippen molar-refractivity contribution in [1.82, 2.24) is 19.3 Å². The van der Waals surface area contributed by atoms with Crippen LogP contribution in [-0.4, -0.2) is 46.0 Å². The summed E-state index contributed by atoms with van der Waals surface area (Å²) < 4.78 is 8.01. The number of rotatable bonds is 4. The summed E-state index contributed by atoms with van der Waals surface area (Å²) in [6.45, 7) is 4.84. The second-order valence-electron chi connectivity index (χ2n) is 6.91. The van der Waals surface area contributed by atoms with E-state index in [1.54, 1.807) is 18.3 Å². The molecule has 4 rings (SSSR count). The van der Waals surface area contributed by atoms with Crippen LogP contribution in [0.5, 0.6) is 6.01 Å². The average Bonchev–Trinajstić information content (AvgIpc) is 3.31. The lowest BCUT2D eigenvalue weighted by Gasteiger charge is -2.15. The molecule has 0 unspecified atom stereocenters. The molecule has 1 atom stereocenters. The van der Waals surface area contributed by atoms with Crippen LogP contribution >= 0.6 is 0 Å². The van der Waals surface area contributed by atoms with Crippen LogP contribution in [0.3, 0.4) is 0 Å². The zero-order valence-corrected chi connectivity index (χ0v) is 15.0. The predicted octanol–water partition coefficient (Wildman–Crippen LogP) is 2.91. The molecule has 1 aliphatic heterocycles. The quantitative estimate of drug-likeness (QED) is 0.726. The first kappa shape index (κ1) is 16.6. The molecule has 6 heteroatoms. The molecule has 0 aliphatic carbocycles. The maximum Gasteiger partial charge on any atom is 0.302 e. The number of ether oxygens (including phenoxy) is 1. The van der Waals surface area contributed by atoms with Gasteiger partial charge in [0.25, 0.3) is 0 Å².